The van der Waals surface area contributed by atoms with Gasteiger partial charge in [0.15, 0.2) is 5.82 Å². The summed E-state index contributed by atoms with van der Waals surface area (Å²) in [7, 11) is 0. The second-order valence-electron chi connectivity index (χ2n) is 4.35. The van der Waals surface area contributed by atoms with Gasteiger partial charge >= 0.3 is 0 Å². The van der Waals surface area contributed by atoms with Gasteiger partial charge in [-0.15, -0.1) is 0 Å². The molecule has 0 unspecified atom stereocenters. The highest BCUT2D eigenvalue weighted by Crippen LogP contribution is 2.20. The highest BCUT2D eigenvalue weighted by atomic mass is 35.5. The molecule has 3 aromatic rings. The summed E-state index contributed by atoms with van der Waals surface area (Å²) in [5.74, 6) is 0.306. The number of pyridine rings is 1. The molecule has 104 valence electrons. The molecular weight excluding hydrogens is 309 g/mol. The first kappa shape index (κ1) is 13.8. The Labute approximate surface area is 130 Å². The maximum atomic E-state index is 12.1. The van der Waals surface area contributed by atoms with Crippen molar-refractivity contribution in [1.29, 1.82) is 0 Å². The minimum Gasteiger partial charge on any atom is -0.305 e. The van der Waals surface area contributed by atoms with Gasteiger partial charge in [-0.25, -0.2) is 4.98 Å². The number of halogens is 2. The number of fused-ring (bicyclic) bond motifs is 1. The van der Waals surface area contributed by atoms with Crippen LogP contribution in [-0.4, -0.2) is 15.0 Å². The number of aromatic amines is 1. The fourth-order valence-corrected chi connectivity index (χ4v) is 2.29. The molecule has 0 bridgehead atoms. The number of hydrogen-bond acceptors (Lipinski definition) is 3. The minimum absolute atomic E-state index is 0.282. The van der Waals surface area contributed by atoms with Gasteiger partial charge in [-0.3, -0.25) is 9.78 Å². The van der Waals surface area contributed by atoms with Crippen LogP contribution in [-0.2, 0) is 0 Å². The molecule has 3 rings (SSSR count). The lowest BCUT2D eigenvalue weighted by Gasteiger charge is -2.02. The monoisotopic (exact) mass is 317 g/mol. The first-order valence-corrected chi connectivity index (χ1v) is 6.86. The highest BCUT2D eigenvalue weighted by Gasteiger charge is 2.07. The van der Waals surface area contributed by atoms with E-state index in [9.17, 15) is 4.79 Å². The Morgan fingerprint density at radius 2 is 2.14 bits per heavy atom. The van der Waals surface area contributed by atoms with Crippen molar-refractivity contribution in [1.82, 2.24) is 15.0 Å². The molecule has 0 saturated carbocycles. The van der Waals surface area contributed by atoms with Gasteiger partial charge in [0, 0.05) is 17.4 Å². The Balaban J connectivity index is 2.11. The number of rotatable bonds is 2. The van der Waals surface area contributed by atoms with Crippen LogP contribution in [0.5, 0.6) is 0 Å². The van der Waals surface area contributed by atoms with Gasteiger partial charge in [0.2, 0.25) is 0 Å². The number of hydrogen-bond donors (Lipinski definition) is 1. The van der Waals surface area contributed by atoms with Crippen LogP contribution in [0.25, 0.3) is 22.0 Å². The Kier molecular flexibility index (Phi) is 3.73. The van der Waals surface area contributed by atoms with Crippen molar-refractivity contribution in [3.8, 4) is 0 Å². The summed E-state index contributed by atoms with van der Waals surface area (Å²) in [4.78, 5) is 23.0. The molecule has 0 aliphatic rings. The lowest BCUT2D eigenvalue weighted by atomic mass is 10.2. The van der Waals surface area contributed by atoms with Gasteiger partial charge in [0.05, 0.1) is 15.9 Å². The zero-order valence-corrected chi connectivity index (χ0v) is 12.2. The van der Waals surface area contributed by atoms with Crippen LogP contribution in [0.2, 0.25) is 5.02 Å². The van der Waals surface area contributed by atoms with Gasteiger partial charge in [0.25, 0.3) is 5.56 Å². The normalized spacial score (nSPS) is 11.8. The van der Waals surface area contributed by atoms with Crippen LogP contribution >= 0.6 is 23.2 Å². The molecule has 1 N–H and O–H groups in total. The van der Waals surface area contributed by atoms with Crippen LogP contribution in [0, 0.1) is 0 Å². The average Bonchev–Trinajstić information content (AvgIpc) is 2.49. The van der Waals surface area contributed by atoms with E-state index in [1.807, 2.05) is 6.07 Å². The summed E-state index contributed by atoms with van der Waals surface area (Å²) in [6.07, 6.45) is 5.03. The van der Waals surface area contributed by atoms with Crippen LogP contribution in [0.4, 0.5) is 0 Å². The molecule has 0 aliphatic heterocycles. The second-order valence-corrected chi connectivity index (χ2v) is 5.20. The first-order valence-electron chi connectivity index (χ1n) is 6.11. The molecule has 0 radical (unpaired) electrons. The molecule has 0 atom stereocenters. The van der Waals surface area contributed by atoms with Gasteiger partial charge in [-0.2, -0.15) is 0 Å². The Morgan fingerprint density at radius 1 is 1.29 bits per heavy atom. The SMILES string of the molecule is O=c1[nH]c(/C(Cl)=C/c2cccnc2)nc2ccc(Cl)cc12. The van der Waals surface area contributed by atoms with E-state index in [4.69, 9.17) is 23.2 Å². The van der Waals surface area contributed by atoms with Crippen molar-refractivity contribution in [3.05, 3.63) is 69.5 Å². The van der Waals surface area contributed by atoms with Gasteiger partial charge in [0.1, 0.15) is 0 Å². The molecule has 0 fully saturated rings. The van der Waals surface area contributed by atoms with Crippen LogP contribution in [0.3, 0.4) is 0 Å². The second kappa shape index (κ2) is 5.68. The summed E-state index contributed by atoms with van der Waals surface area (Å²) in [5.41, 5.74) is 1.08. The number of aromatic nitrogens is 3. The van der Waals surface area contributed by atoms with E-state index in [0.29, 0.717) is 26.8 Å². The Morgan fingerprint density at radius 3 is 2.90 bits per heavy atom. The van der Waals surface area contributed by atoms with Crippen molar-refractivity contribution < 1.29 is 0 Å². The van der Waals surface area contributed by atoms with E-state index in [2.05, 4.69) is 15.0 Å². The molecule has 0 saturated heterocycles. The van der Waals surface area contributed by atoms with E-state index in [-0.39, 0.29) is 5.56 Å². The molecule has 6 heteroatoms. The van der Waals surface area contributed by atoms with E-state index in [1.54, 1.807) is 42.7 Å². The molecule has 1 aromatic carbocycles. The Hall–Kier alpha value is -2.17. The Bertz CT molecular complexity index is 888. The van der Waals surface area contributed by atoms with Crippen LogP contribution < -0.4 is 5.56 Å². The largest absolute Gasteiger partial charge is 0.305 e. The minimum atomic E-state index is -0.282. The third-order valence-electron chi connectivity index (χ3n) is 2.87. The van der Waals surface area contributed by atoms with E-state index < -0.39 is 0 Å². The van der Waals surface area contributed by atoms with Crippen molar-refractivity contribution in [2.75, 3.05) is 0 Å². The summed E-state index contributed by atoms with van der Waals surface area (Å²) in [5, 5.41) is 1.24. The summed E-state index contributed by atoms with van der Waals surface area (Å²) in [6.45, 7) is 0. The topological polar surface area (TPSA) is 58.6 Å². The molecule has 0 spiro atoms. The quantitative estimate of drug-likeness (QED) is 0.783. The summed E-state index contributed by atoms with van der Waals surface area (Å²) < 4.78 is 0. The molecular formula is C15H9Cl2N3O. The lowest BCUT2D eigenvalue weighted by molar-refractivity contribution is 1.14. The van der Waals surface area contributed by atoms with Crippen molar-refractivity contribution in [2.24, 2.45) is 0 Å². The number of benzene rings is 1. The summed E-state index contributed by atoms with van der Waals surface area (Å²) >= 11 is 12.1. The average molecular weight is 318 g/mol. The van der Waals surface area contributed by atoms with Crippen molar-refractivity contribution >= 4 is 45.2 Å². The molecule has 0 aliphatic carbocycles. The number of nitrogens with one attached hydrogen (secondary N) is 1. The molecule has 21 heavy (non-hydrogen) atoms. The van der Waals surface area contributed by atoms with Gasteiger partial charge < -0.3 is 4.98 Å². The number of H-pyrrole nitrogens is 1. The van der Waals surface area contributed by atoms with Crippen molar-refractivity contribution in [3.63, 3.8) is 0 Å². The standard InChI is InChI=1S/C15H9Cl2N3O/c16-10-3-4-13-11(7-10)15(21)20-14(19-13)12(17)6-9-2-1-5-18-8-9/h1-8H,(H,19,20,21)/b12-6-. The third-order valence-corrected chi connectivity index (χ3v) is 3.39. The molecule has 2 heterocycles. The van der Waals surface area contributed by atoms with E-state index in [1.165, 1.54) is 0 Å². The van der Waals surface area contributed by atoms with Crippen molar-refractivity contribution in [2.45, 2.75) is 0 Å². The third kappa shape index (κ3) is 2.96. The first-order chi connectivity index (χ1) is 10.1. The fourth-order valence-electron chi connectivity index (χ4n) is 1.90. The smallest absolute Gasteiger partial charge is 0.259 e. The predicted molar refractivity (Wildman–Crippen MR) is 85.3 cm³/mol. The molecule has 4 nitrogen and oxygen atoms in total. The van der Waals surface area contributed by atoms with Crippen LogP contribution in [0.15, 0.2) is 47.5 Å². The molecule has 2 aromatic heterocycles. The fraction of sp³-hybridized carbons (Fsp3) is 0. The van der Waals surface area contributed by atoms with E-state index in [0.717, 1.165) is 5.56 Å². The molecule has 0 amide bonds. The van der Waals surface area contributed by atoms with E-state index >= 15 is 0 Å². The maximum Gasteiger partial charge on any atom is 0.259 e. The van der Waals surface area contributed by atoms with Gasteiger partial charge in [-0.1, -0.05) is 29.3 Å². The van der Waals surface area contributed by atoms with Gasteiger partial charge in [-0.05, 0) is 35.9 Å². The summed E-state index contributed by atoms with van der Waals surface area (Å²) in [6, 6.07) is 8.59. The lowest BCUT2D eigenvalue weighted by Crippen LogP contribution is -2.10. The highest BCUT2D eigenvalue weighted by molar-refractivity contribution is 6.50. The van der Waals surface area contributed by atoms with Crippen LogP contribution in [0.1, 0.15) is 11.4 Å². The predicted octanol–water partition coefficient (Wildman–Crippen LogP) is 3.71. The maximum absolute atomic E-state index is 12.1. The number of nitrogens with zero attached hydrogens (tertiary/aromatic N) is 2. The zero-order valence-electron chi connectivity index (χ0n) is 10.7. The zero-order chi connectivity index (χ0) is 14.8.